The quantitative estimate of drug-likeness (QED) is 0.320. The van der Waals surface area contributed by atoms with Crippen LogP contribution in [0.2, 0.25) is 0 Å². The molecule has 0 radical (unpaired) electrons. The summed E-state index contributed by atoms with van der Waals surface area (Å²) in [5, 5.41) is 67.6. The number of hydrogen-bond acceptors (Lipinski definition) is 6. The molecule has 0 saturated heterocycles. The van der Waals surface area contributed by atoms with Crippen molar-refractivity contribution in [1.82, 2.24) is 0 Å². The van der Waals surface area contributed by atoms with Gasteiger partial charge < -0.3 is 30.6 Å². The highest BCUT2D eigenvalue weighted by atomic mass is 16.3. The van der Waals surface area contributed by atoms with Gasteiger partial charge in [-0.25, -0.2) is 0 Å². The smallest absolute Gasteiger partial charge is 0.0866 e. The molecular weight excluding hydrogens is 456 g/mol. The molecule has 6 heteroatoms. The summed E-state index contributed by atoms with van der Waals surface area (Å²) < 4.78 is 0. The molecule has 206 valence electrons. The summed E-state index contributed by atoms with van der Waals surface area (Å²) >= 11 is 0. The van der Waals surface area contributed by atoms with Gasteiger partial charge in [0.05, 0.1) is 37.6 Å². The van der Waals surface area contributed by atoms with Crippen LogP contribution in [0.1, 0.15) is 86.5 Å². The second kappa shape index (κ2) is 8.02. The number of aliphatic hydroxyl groups is 6. The molecule has 0 amide bonds. The summed E-state index contributed by atoms with van der Waals surface area (Å²) in [5.74, 6) is -0.390. The van der Waals surface area contributed by atoms with Gasteiger partial charge in [-0.1, -0.05) is 53.2 Å². The third-order valence-electron chi connectivity index (χ3n) is 13.3. The molecule has 5 aliphatic carbocycles. The van der Waals surface area contributed by atoms with Crippen LogP contribution < -0.4 is 0 Å². The second-order valence-corrected chi connectivity index (χ2v) is 15.2. The third-order valence-corrected chi connectivity index (χ3v) is 13.3. The standard InChI is InChI=1S/C30H50O6/c1-25(2)11-12-30(16-32)18(13-25)17-7-8-19-26(3)10-9-20(33)27(4,15-31)23(26)22(35)24(36)29(19,6)28(17,5)14-21(30)34/h7,18-24,31-36H,8-16H2,1-6H3. The molecule has 36 heavy (non-hydrogen) atoms. The largest absolute Gasteiger partial charge is 0.396 e. The van der Waals surface area contributed by atoms with Crippen LogP contribution in [0.5, 0.6) is 0 Å². The Bertz CT molecular complexity index is 932. The van der Waals surface area contributed by atoms with Crippen molar-refractivity contribution in [3.8, 4) is 0 Å². The van der Waals surface area contributed by atoms with Crippen molar-refractivity contribution in [2.24, 2.45) is 50.2 Å². The van der Waals surface area contributed by atoms with Crippen molar-refractivity contribution in [2.75, 3.05) is 13.2 Å². The minimum absolute atomic E-state index is 0.0194. The van der Waals surface area contributed by atoms with E-state index in [1.807, 2.05) is 6.92 Å². The first kappa shape index (κ1) is 27.1. The normalized spacial score (nSPS) is 58.1. The Morgan fingerprint density at radius 3 is 2.11 bits per heavy atom. The molecule has 4 fully saturated rings. The molecule has 0 heterocycles. The van der Waals surface area contributed by atoms with Gasteiger partial charge in [-0.2, -0.15) is 0 Å². The van der Waals surface area contributed by atoms with Gasteiger partial charge in [0.15, 0.2) is 0 Å². The third kappa shape index (κ3) is 3.01. The molecule has 12 unspecified atom stereocenters. The van der Waals surface area contributed by atoms with E-state index in [0.29, 0.717) is 12.8 Å². The molecular formula is C30H50O6. The Morgan fingerprint density at radius 2 is 1.50 bits per heavy atom. The van der Waals surface area contributed by atoms with Crippen LogP contribution in [0.25, 0.3) is 0 Å². The van der Waals surface area contributed by atoms with Crippen LogP contribution in [0.3, 0.4) is 0 Å². The molecule has 0 aromatic carbocycles. The predicted octanol–water partition coefficient (Wildman–Crippen LogP) is 3.03. The topological polar surface area (TPSA) is 121 Å². The monoisotopic (exact) mass is 506 g/mol. The maximum atomic E-state index is 12.0. The molecule has 6 nitrogen and oxygen atoms in total. The molecule has 5 rings (SSSR count). The highest BCUT2D eigenvalue weighted by molar-refractivity contribution is 5.36. The molecule has 4 saturated carbocycles. The van der Waals surface area contributed by atoms with E-state index in [1.165, 1.54) is 5.57 Å². The number of fused-ring (bicyclic) bond motifs is 7. The molecule has 12 atom stereocenters. The van der Waals surface area contributed by atoms with Gasteiger partial charge in [-0.05, 0) is 73.0 Å². The van der Waals surface area contributed by atoms with Gasteiger partial charge in [0.1, 0.15) is 0 Å². The summed E-state index contributed by atoms with van der Waals surface area (Å²) in [7, 11) is 0. The molecule has 0 aliphatic heterocycles. The summed E-state index contributed by atoms with van der Waals surface area (Å²) in [5.41, 5.74) is -1.75. The van der Waals surface area contributed by atoms with Crippen molar-refractivity contribution < 1.29 is 30.6 Å². The highest BCUT2D eigenvalue weighted by Crippen LogP contribution is 2.75. The number of allylic oxidation sites excluding steroid dienone is 2. The Balaban J connectivity index is 1.68. The zero-order valence-corrected chi connectivity index (χ0v) is 23.2. The summed E-state index contributed by atoms with van der Waals surface area (Å²) in [6.07, 6.45) is 3.91. The lowest BCUT2D eigenvalue weighted by Crippen LogP contribution is -2.75. The van der Waals surface area contributed by atoms with E-state index in [4.69, 9.17) is 0 Å². The fourth-order valence-corrected chi connectivity index (χ4v) is 10.9. The molecule has 0 aromatic heterocycles. The van der Waals surface area contributed by atoms with Gasteiger partial charge >= 0.3 is 0 Å². The molecule has 6 N–H and O–H groups in total. The summed E-state index contributed by atoms with van der Waals surface area (Å²) in [4.78, 5) is 0. The molecule has 0 aromatic rings. The van der Waals surface area contributed by atoms with E-state index < -0.39 is 57.4 Å². The van der Waals surface area contributed by atoms with E-state index in [-0.39, 0.29) is 30.5 Å². The van der Waals surface area contributed by atoms with Gasteiger partial charge in [-0.15, -0.1) is 0 Å². The maximum absolute atomic E-state index is 12.0. The van der Waals surface area contributed by atoms with E-state index in [1.54, 1.807) is 0 Å². The minimum atomic E-state index is -1.09. The lowest BCUT2D eigenvalue weighted by Gasteiger charge is -2.73. The van der Waals surface area contributed by atoms with E-state index in [2.05, 4.69) is 40.7 Å². The Kier molecular flexibility index (Phi) is 6.03. The van der Waals surface area contributed by atoms with Crippen LogP contribution >= 0.6 is 0 Å². The SMILES string of the molecule is CC1(C)CCC2(CO)C(O)CC3(C)C(=CCC4C5(C)CCC(O)C(C)(CO)C5C(O)C(O)C43C)C2C1. The van der Waals surface area contributed by atoms with E-state index in [9.17, 15) is 30.6 Å². The van der Waals surface area contributed by atoms with Crippen LogP contribution in [0.4, 0.5) is 0 Å². The first-order valence-corrected chi connectivity index (χ1v) is 14.2. The average Bonchev–Trinajstić information content (AvgIpc) is 2.81. The van der Waals surface area contributed by atoms with Crippen molar-refractivity contribution >= 4 is 0 Å². The highest BCUT2D eigenvalue weighted by Gasteiger charge is 2.74. The fourth-order valence-electron chi connectivity index (χ4n) is 10.9. The van der Waals surface area contributed by atoms with E-state index >= 15 is 0 Å². The molecule has 0 bridgehead atoms. The average molecular weight is 507 g/mol. The van der Waals surface area contributed by atoms with Crippen molar-refractivity contribution in [3.63, 3.8) is 0 Å². The van der Waals surface area contributed by atoms with Crippen LogP contribution in [-0.4, -0.2) is 68.3 Å². The van der Waals surface area contributed by atoms with Crippen LogP contribution in [-0.2, 0) is 0 Å². The van der Waals surface area contributed by atoms with Gasteiger partial charge in [-0.3, -0.25) is 0 Å². The Labute approximate surface area is 216 Å². The van der Waals surface area contributed by atoms with Gasteiger partial charge in [0.25, 0.3) is 0 Å². The second-order valence-electron chi connectivity index (χ2n) is 15.2. The summed E-state index contributed by atoms with van der Waals surface area (Å²) in [6, 6.07) is 0. The zero-order chi connectivity index (χ0) is 26.7. The lowest BCUT2D eigenvalue weighted by molar-refractivity contribution is -0.298. The Morgan fingerprint density at radius 1 is 0.833 bits per heavy atom. The van der Waals surface area contributed by atoms with Crippen molar-refractivity contribution in [2.45, 2.75) is 111 Å². The van der Waals surface area contributed by atoms with Crippen molar-refractivity contribution in [1.29, 1.82) is 0 Å². The first-order chi connectivity index (χ1) is 16.6. The maximum Gasteiger partial charge on any atom is 0.0866 e. The lowest BCUT2D eigenvalue weighted by atomic mass is 9.32. The first-order valence-electron chi connectivity index (χ1n) is 14.2. The van der Waals surface area contributed by atoms with Crippen molar-refractivity contribution in [3.05, 3.63) is 11.6 Å². The Hall–Kier alpha value is -0.500. The fraction of sp³-hybridized carbons (Fsp3) is 0.933. The van der Waals surface area contributed by atoms with Gasteiger partial charge in [0.2, 0.25) is 0 Å². The predicted molar refractivity (Wildman–Crippen MR) is 138 cm³/mol. The van der Waals surface area contributed by atoms with Gasteiger partial charge in [0, 0.05) is 22.2 Å². The number of hydrogen-bond donors (Lipinski definition) is 6. The van der Waals surface area contributed by atoms with Crippen LogP contribution in [0.15, 0.2) is 11.6 Å². The van der Waals surface area contributed by atoms with E-state index in [0.717, 1.165) is 32.1 Å². The zero-order valence-electron chi connectivity index (χ0n) is 23.2. The number of rotatable bonds is 2. The molecule has 0 spiro atoms. The number of aliphatic hydroxyl groups excluding tert-OH is 6. The summed E-state index contributed by atoms with van der Waals surface area (Å²) in [6.45, 7) is 12.6. The molecule has 5 aliphatic rings. The van der Waals surface area contributed by atoms with Crippen LogP contribution in [0, 0.1) is 50.2 Å². The minimum Gasteiger partial charge on any atom is -0.396 e.